The summed E-state index contributed by atoms with van der Waals surface area (Å²) in [6, 6.07) is 3.73. The lowest BCUT2D eigenvalue weighted by Crippen LogP contribution is -2.47. The lowest BCUT2D eigenvalue weighted by Gasteiger charge is -2.38. The number of nitrogens with one attached hydrogen (secondary N) is 1. The lowest BCUT2D eigenvalue weighted by atomic mass is 10.1. The van der Waals surface area contributed by atoms with Gasteiger partial charge in [-0.3, -0.25) is 10.00 Å². The largest absolute Gasteiger partial charge is 0.492 e. The van der Waals surface area contributed by atoms with Crippen molar-refractivity contribution in [2.24, 2.45) is 0 Å². The third kappa shape index (κ3) is 5.16. The number of halogens is 4. The Morgan fingerprint density at radius 2 is 1.78 bits per heavy atom. The molecule has 2 aliphatic rings. The molecule has 1 aromatic carbocycles. The topological polar surface area (TPSA) is 82.6 Å². The highest BCUT2D eigenvalue weighted by atomic mass is 35.5. The average molecular weight is 526 g/mol. The minimum absolute atomic E-state index is 0.0688. The molecule has 5 rings (SSSR count). The molecule has 194 valence electrons. The second kappa shape index (κ2) is 10.3. The molecule has 0 aliphatic carbocycles. The van der Waals surface area contributed by atoms with E-state index in [1.165, 1.54) is 6.33 Å². The number of piperazine rings is 1. The van der Waals surface area contributed by atoms with Crippen LogP contribution in [0, 0.1) is 6.92 Å². The zero-order valence-corrected chi connectivity index (χ0v) is 20.6. The van der Waals surface area contributed by atoms with Crippen LogP contribution < -0.4 is 14.5 Å². The first-order valence-corrected chi connectivity index (χ1v) is 12.2. The maximum atomic E-state index is 13.5. The minimum Gasteiger partial charge on any atom is -0.492 e. The van der Waals surface area contributed by atoms with Gasteiger partial charge in [-0.05, 0) is 19.1 Å². The molecule has 36 heavy (non-hydrogen) atoms. The Morgan fingerprint density at radius 3 is 2.50 bits per heavy atom. The van der Waals surface area contributed by atoms with Crippen LogP contribution in [0.4, 0.5) is 24.7 Å². The molecule has 4 heterocycles. The highest BCUT2D eigenvalue weighted by Crippen LogP contribution is 2.37. The van der Waals surface area contributed by atoms with E-state index in [0.717, 1.165) is 49.8 Å². The predicted molar refractivity (Wildman–Crippen MR) is 130 cm³/mol. The minimum atomic E-state index is -4.60. The van der Waals surface area contributed by atoms with Crippen LogP contribution in [0.25, 0.3) is 11.0 Å². The number of morpholine rings is 1. The van der Waals surface area contributed by atoms with Crippen LogP contribution >= 0.6 is 11.6 Å². The van der Waals surface area contributed by atoms with Crippen molar-refractivity contribution in [2.45, 2.75) is 13.1 Å². The van der Waals surface area contributed by atoms with E-state index in [4.69, 9.17) is 21.1 Å². The monoisotopic (exact) mass is 525 g/mol. The Hall–Kier alpha value is -2.83. The van der Waals surface area contributed by atoms with Crippen molar-refractivity contribution in [2.75, 3.05) is 75.4 Å². The van der Waals surface area contributed by atoms with Gasteiger partial charge in [0.25, 0.3) is 0 Å². The predicted octanol–water partition coefficient (Wildman–Crippen LogP) is 3.37. The number of fused-ring (bicyclic) bond motifs is 1. The van der Waals surface area contributed by atoms with Crippen LogP contribution in [0.5, 0.6) is 5.75 Å². The Balaban J connectivity index is 1.28. The summed E-state index contributed by atoms with van der Waals surface area (Å²) in [5, 5.41) is 6.28. The third-order valence-electron chi connectivity index (χ3n) is 6.59. The lowest BCUT2D eigenvalue weighted by molar-refractivity contribution is -0.139. The van der Waals surface area contributed by atoms with E-state index < -0.39 is 11.9 Å². The van der Waals surface area contributed by atoms with Crippen molar-refractivity contribution in [3.05, 3.63) is 34.7 Å². The van der Waals surface area contributed by atoms with Gasteiger partial charge in [-0.15, -0.1) is 0 Å². The number of nitrogens with zero attached hydrogens (tertiary/aromatic N) is 6. The van der Waals surface area contributed by atoms with E-state index in [1.807, 2.05) is 24.0 Å². The van der Waals surface area contributed by atoms with Crippen LogP contribution in [-0.2, 0) is 10.9 Å². The second-order valence-corrected chi connectivity index (χ2v) is 9.25. The summed E-state index contributed by atoms with van der Waals surface area (Å²) in [5.74, 6) is 0.967. The van der Waals surface area contributed by atoms with E-state index in [1.54, 1.807) is 0 Å². The zero-order chi connectivity index (χ0) is 25.3. The summed E-state index contributed by atoms with van der Waals surface area (Å²) in [6.45, 7) is 8.76. The number of aromatic amines is 1. The molecule has 2 aliphatic heterocycles. The molecule has 0 unspecified atom stereocenters. The first kappa shape index (κ1) is 24.8. The van der Waals surface area contributed by atoms with Gasteiger partial charge in [-0.1, -0.05) is 11.6 Å². The van der Waals surface area contributed by atoms with Crippen LogP contribution in [-0.4, -0.2) is 90.7 Å². The Kier molecular flexibility index (Phi) is 7.09. The van der Waals surface area contributed by atoms with E-state index in [-0.39, 0.29) is 16.9 Å². The van der Waals surface area contributed by atoms with Gasteiger partial charge >= 0.3 is 6.18 Å². The number of benzene rings is 1. The van der Waals surface area contributed by atoms with Gasteiger partial charge in [-0.2, -0.15) is 18.3 Å². The van der Waals surface area contributed by atoms with Gasteiger partial charge in [0.05, 0.1) is 18.6 Å². The van der Waals surface area contributed by atoms with Crippen molar-refractivity contribution in [3.63, 3.8) is 0 Å². The fourth-order valence-electron chi connectivity index (χ4n) is 4.68. The molecular formula is C23H27ClF3N7O2. The fourth-order valence-corrected chi connectivity index (χ4v) is 4.88. The van der Waals surface area contributed by atoms with Crippen LogP contribution in [0.2, 0.25) is 5.02 Å². The van der Waals surface area contributed by atoms with Gasteiger partial charge in [0.2, 0.25) is 0 Å². The van der Waals surface area contributed by atoms with Gasteiger partial charge in [0.15, 0.2) is 11.3 Å². The van der Waals surface area contributed by atoms with Gasteiger partial charge < -0.3 is 19.3 Å². The summed E-state index contributed by atoms with van der Waals surface area (Å²) in [5.41, 5.74) is 1.00. The summed E-state index contributed by atoms with van der Waals surface area (Å²) < 4.78 is 52.0. The summed E-state index contributed by atoms with van der Waals surface area (Å²) in [6.07, 6.45) is -3.35. The zero-order valence-electron chi connectivity index (χ0n) is 19.8. The number of alkyl halides is 3. The highest BCUT2D eigenvalue weighted by Gasteiger charge is 2.38. The molecule has 3 aromatic rings. The Bertz CT molecular complexity index is 1210. The molecule has 2 saturated heterocycles. The van der Waals surface area contributed by atoms with Crippen molar-refractivity contribution in [3.8, 4) is 5.75 Å². The standard InChI is InChI=1S/C23H27ClF3N7O2/c1-15-17(12-16(24)13-18(15)36-11-8-32-6-9-35-10-7-32)33-2-4-34(5-3-33)22-19-20(23(25,26)27)30-31-21(19)28-14-29-22/h12-14H,2-11H2,1H3,(H,28,29,30,31). The van der Waals surface area contributed by atoms with Gasteiger partial charge in [0.1, 0.15) is 24.5 Å². The van der Waals surface area contributed by atoms with Crippen LogP contribution in [0.1, 0.15) is 11.3 Å². The smallest absolute Gasteiger partial charge is 0.435 e. The molecule has 0 amide bonds. The molecule has 13 heteroatoms. The van der Waals surface area contributed by atoms with Crippen LogP contribution in [0.3, 0.4) is 0 Å². The van der Waals surface area contributed by atoms with Crippen molar-refractivity contribution < 1.29 is 22.6 Å². The molecule has 9 nitrogen and oxygen atoms in total. The maximum absolute atomic E-state index is 13.5. The number of anilines is 2. The fraction of sp³-hybridized carbons (Fsp3) is 0.522. The summed E-state index contributed by atoms with van der Waals surface area (Å²) >= 11 is 6.43. The maximum Gasteiger partial charge on any atom is 0.435 e. The number of rotatable bonds is 6. The number of aromatic nitrogens is 4. The molecule has 0 bridgehead atoms. The number of H-pyrrole nitrogens is 1. The molecule has 0 spiro atoms. The van der Waals surface area contributed by atoms with E-state index in [9.17, 15) is 13.2 Å². The van der Waals surface area contributed by atoms with Gasteiger partial charge in [-0.25, -0.2) is 9.97 Å². The van der Waals surface area contributed by atoms with Crippen molar-refractivity contribution in [1.29, 1.82) is 0 Å². The second-order valence-electron chi connectivity index (χ2n) is 8.82. The van der Waals surface area contributed by atoms with Crippen molar-refractivity contribution >= 4 is 34.1 Å². The first-order chi connectivity index (χ1) is 17.3. The molecule has 2 aromatic heterocycles. The quantitative estimate of drug-likeness (QED) is 0.524. The van der Waals surface area contributed by atoms with E-state index in [0.29, 0.717) is 37.8 Å². The van der Waals surface area contributed by atoms with E-state index in [2.05, 4.69) is 30.0 Å². The molecular weight excluding hydrogens is 499 g/mol. The van der Waals surface area contributed by atoms with Crippen LogP contribution in [0.15, 0.2) is 18.5 Å². The normalized spacial score (nSPS) is 17.7. The Morgan fingerprint density at radius 1 is 1.06 bits per heavy atom. The Labute approximate surface area is 211 Å². The van der Waals surface area contributed by atoms with Gasteiger partial charge in [0, 0.05) is 62.1 Å². The number of hydrogen-bond acceptors (Lipinski definition) is 8. The highest BCUT2D eigenvalue weighted by molar-refractivity contribution is 6.31. The third-order valence-corrected chi connectivity index (χ3v) is 6.81. The number of hydrogen-bond donors (Lipinski definition) is 1. The van der Waals surface area contributed by atoms with Crippen molar-refractivity contribution in [1.82, 2.24) is 25.1 Å². The molecule has 2 fully saturated rings. The molecule has 0 radical (unpaired) electrons. The summed E-state index contributed by atoms with van der Waals surface area (Å²) in [4.78, 5) is 14.4. The number of ether oxygens (including phenoxy) is 2. The molecule has 0 atom stereocenters. The molecule has 0 saturated carbocycles. The average Bonchev–Trinajstić information content (AvgIpc) is 3.32. The summed E-state index contributed by atoms with van der Waals surface area (Å²) in [7, 11) is 0. The first-order valence-electron chi connectivity index (χ1n) is 11.8. The SMILES string of the molecule is Cc1c(OCCN2CCOCC2)cc(Cl)cc1N1CCN(c2ncnc3[nH]nc(C(F)(F)F)c23)CC1. The molecule has 1 N–H and O–H groups in total. The van der Waals surface area contributed by atoms with E-state index >= 15 is 0 Å².